The molecule has 0 aromatic heterocycles. The molecule has 1 amide bonds. The molecule has 0 aliphatic carbocycles. The van der Waals surface area contributed by atoms with Gasteiger partial charge in [-0.1, -0.05) is 155 Å². The van der Waals surface area contributed by atoms with Gasteiger partial charge in [0.25, 0.3) is 0 Å². The van der Waals surface area contributed by atoms with Gasteiger partial charge in [-0.05, 0) is 12.8 Å². The minimum Gasteiger partial charge on any atom is -0.391 e. The number of amides is 1. The molecule has 3 unspecified atom stereocenters. The second-order valence-electron chi connectivity index (χ2n) is 12.1. The predicted molar refractivity (Wildman–Crippen MR) is 175 cm³/mol. The number of nitrogens with one attached hydrogen (secondary N) is 1. The Hall–Kier alpha value is -0.500. The second kappa shape index (κ2) is 30.5. The fourth-order valence-electron chi connectivity index (χ4n) is 5.25. The molecule has 0 fully saturated rings. The van der Waals surface area contributed by atoms with Crippen LogP contribution in [0.4, 0.5) is 0 Å². The van der Waals surface area contributed by atoms with Gasteiger partial charge in [-0.2, -0.15) is 0 Å². The van der Waals surface area contributed by atoms with E-state index in [-0.39, 0.29) is 25.7 Å². The normalized spacial score (nSPS) is 14.5. The summed E-state index contributed by atoms with van der Waals surface area (Å²) in [5.74, 6) is -0.164. The lowest BCUT2D eigenvalue weighted by Crippen LogP contribution is -2.46. The monoisotopic (exact) mass is 620 g/mol. The van der Waals surface area contributed by atoms with E-state index in [2.05, 4.69) is 19.2 Å². The lowest BCUT2D eigenvalue weighted by molar-refractivity contribution is -0.123. The second-order valence-corrected chi connectivity index (χ2v) is 13.5. The molecule has 0 aliphatic heterocycles. The summed E-state index contributed by atoms with van der Waals surface area (Å²) in [5, 5.41) is 13.6. The van der Waals surface area contributed by atoms with Gasteiger partial charge in [0.2, 0.25) is 5.91 Å². The molecule has 9 heteroatoms. The van der Waals surface area contributed by atoms with Crippen LogP contribution in [0, 0.1) is 0 Å². The van der Waals surface area contributed by atoms with Crippen molar-refractivity contribution >= 4 is 13.7 Å². The quantitative estimate of drug-likeness (QED) is 0.0426. The van der Waals surface area contributed by atoms with Crippen LogP contribution in [0.2, 0.25) is 0 Å². The van der Waals surface area contributed by atoms with E-state index in [0.717, 1.165) is 38.5 Å². The SMILES string of the molecule is CCCCCCCCCCCCCCCCCCC(=O)NC(COP(=O)(O)OCCN)C(O)CCCCCCCCC. The molecule has 0 bridgehead atoms. The molecular formula is C33H69N2O6P. The van der Waals surface area contributed by atoms with Crippen LogP contribution in [-0.2, 0) is 18.4 Å². The highest BCUT2D eigenvalue weighted by Gasteiger charge is 2.27. The summed E-state index contributed by atoms with van der Waals surface area (Å²) in [6.07, 6.45) is 28.4. The Morgan fingerprint density at radius 2 is 1.10 bits per heavy atom. The van der Waals surface area contributed by atoms with Crippen LogP contribution in [0.15, 0.2) is 0 Å². The number of aliphatic hydroxyl groups is 1. The first-order valence-electron chi connectivity index (χ1n) is 17.7. The van der Waals surface area contributed by atoms with E-state index in [1.807, 2.05) is 0 Å². The molecule has 0 aromatic rings. The maximum absolute atomic E-state index is 12.6. The highest BCUT2D eigenvalue weighted by atomic mass is 31.2. The Morgan fingerprint density at radius 3 is 1.52 bits per heavy atom. The summed E-state index contributed by atoms with van der Waals surface area (Å²) >= 11 is 0. The van der Waals surface area contributed by atoms with Crippen molar-refractivity contribution in [3.8, 4) is 0 Å². The fraction of sp³-hybridized carbons (Fsp3) is 0.970. The topological polar surface area (TPSA) is 131 Å². The molecule has 0 saturated carbocycles. The molecule has 0 heterocycles. The Labute approximate surface area is 259 Å². The smallest absolute Gasteiger partial charge is 0.391 e. The summed E-state index contributed by atoms with van der Waals surface area (Å²) in [6.45, 7) is 4.15. The highest BCUT2D eigenvalue weighted by molar-refractivity contribution is 7.47. The van der Waals surface area contributed by atoms with Gasteiger partial charge in [0, 0.05) is 13.0 Å². The number of unbranched alkanes of at least 4 members (excludes halogenated alkanes) is 21. The molecule has 5 N–H and O–H groups in total. The van der Waals surface area contributed by atoms with Crippen LogP contribution in [-0.4, -0.2) is 47.8 Å². The number of carbonyl (C=O) groups excluding carboxylic acids is 1. The number of hydrogen-bond acceptors (Lipinski definition) is 6. The van der Waals surface area contributed by atoms with Crippen molar-refractivity contribution in [2.45, 2.75) is 187 Å². The molecule has 0 saturated heterocycles. The highest BCUT2D eigenvalue weighted by Crippen LogP contribution is 2.43. The van der Waals surface area contributed by atoms with E-state index >= 15 is 0 Å². The third-order valence-corrected chi connectivity index (χ3v) is 8.95. The number of rotatable bonds is 33. The number of nitrogens with two attached hydrogens (primary N) is 1. The maximum atomic E-state index is 12.6. The predicted octanol–water partition coefficient (Wildman–Crippen LogP) is 8.72. The molecular weight excluding hydrogens is 551 g/mol. The first-order chi connectivity index (χ1) is 20.4. The Bertz CT molecular complexity index is 640. The zero-order chi connectivity index (χ0) is 31.2. The van der Waals surface area contributed by atoms with E-state index in [1.165, 1.54) is 109 Å². The van der Waals surface area contributed by atoms with Gasteiger partial charge >= 0.3 is 7.82 Å². The maximum Gasteiger partial charge on any atom is 0.472 e. The summed E-state index contributed by atoms with van der Waals surface area (Å²) in [7, 11) is -4.29. The number of aliphatic hydroxyl groups excluding tert-OH is 1. The Kier molecular flexibility index (Phi) is 30.2. The minimum absolute atomic E-state index is 0.0915. The van der Waals surface area contributed by atoms with Crippen LogP contribution < -0.4 is 11.1 Å². The van der Waals surface area contributed by atoms with E-state index in [4.69, 9.17) is 14.8 Å². The third-order valence-electron chi connectivity index (χ3n) is 7.96. The van der Waals surface area contributed by atoms with Gasteiger partial charge in [0.05, 0.1) is 25.4 Å². The molecule has 252 valence electrons. The van der Waals surface area contributed by atoms with Gasteiger partial charge in [-0.3, -0.25) is 13.8 Å². The standard InChI is InChI=1S/C33H69N2O6P/c1-3-5-7-9-11-12-13-14-15-16-17-18-19-21-23-25-27-33(37)35-31(30-41-42(38,39)40-29-28-34)32(36)26-24-22-20-10-8-6-4-2/h31-32,36H,3-30,34H2,1-2H3,(H,35,37)(H,38,39). The lowest BCUT2D eigenvalue weighted by Gasteiger charge is -2.25. The molecule has 0 rings (SSSR count). The minimum atomic E-state index is -4.29. The van der Waals surface area contributed by atoms with Gasteiger partial charge in [0.1, 0.15) is 0 Å². The van der Waals surface area contributed by atoms with E-state index < -0.39 is 20.0 Å². The number of phosphoric acid groups is 1. The van der Waals surface area contributed by atoms with Crippen LogP contribution in [0.5, 0.6) is 0 Å². The van der Waals surface area contributed by atoms with E-state index in [9.17, 15) is 19.4 Å². The number of phosphoric ester groups is 1. The first-order valence-corrected chi connectivity index (χ1v) is 19.1. The van der Waals surface area contributed by atoms with Crippen LogP contribution in [0.1, 0.15) is 174 Å². The first kappa shape index (κ1) is 41.5. The van der Waals surface area contributed by atoms with Crippen molar-refractivity contribution in [1.29, 1.82) is 0 Å². The van der Waals surface area contributed by atoms with Gasteiger partial charge in [0.15, 0.2) is 0 Å². The number of hydrogen-bond donors (Lipinski definition) is 4. The average molecular weight is 621 g/mol. The zero-order valence-electron chi connectivity index (χ0n) is 27.5. The molecule has 0 spiro atoms. The fourth-order valence-corrected chi connectivity index (χ4v) is 6.01. The van der Waals surface area contributed by atoms with Crippen molar-refractivity contribution in [3.05, 3.63) is 0 Å². The van der Waals surface area contributed by atoms with Gasteiger partial charge < -0.3 is 21.1 Å². The van der Waals surface area contributed by atoms with Crippen molar-refractivity contribution in [1.82, 2.24) is 5.32 Å². The van der Waals surface area contributed by atoms with E-state index in [1.54, 1.807) is 0 Å². The summed E-state index contributed by atoms with van der Waals surface area (Å²) in [4.78, 5) is 22.5. The Balaban J connectivity index is 4.13. The van der Waals surface area contributed by atoms with Crippen LogP contribution >= 0.6 is 7.82 Å². The van der Waals surface area contributed by atoms with Gasteiger partial charge in [-0.25, -0.2) is 4.57 Å². The molecule has 42 heavy (non-hydrogen) atoms. The molecule has 3 atom stereocenters. The summed E-state index contributed by atoms with van der Waals surface area (Å²) < 4.78 is 21.9. The van der Waals surface area contributed by atoms with Crippen molar-refractivity contribution < 1.29 is 28.4 Å². The largest absolute Gasteiger partial charge is 0.472 e. The van der Waals surface area contributed by atoms with Crippen molar-refractivity contribution in [2.24, 2.45) is 5.73 Å². The average Bonchev–Trinajstić information content (AvgIpc) is 2.97. The zero-order valence-corrected chi connectivity index (χ0v) is 28.4. The molecule has 0 aromatic carbocycles. The van der Waals surface area contributed by atoms with Crippen molar-refractivity contribution in [3.63, 3.8) is 0 Å². The lowest BCUT2D eigenvalue weighted by atomic mass is 10.0. The van der Waals surface area contributed by atoms with Crippen LogP contribution in [0.25, 0.3) is 0 Å². The summed E-state index contributed by atoms with van der Waals surface area (Å²) in [6, 6.07) is -0.763. The van der Waals surface area contributed by atoms with Gasteiger partial charge in [-0.15, -0.1) is 0 Å². The van der Waals surface area contributed by atoms with E-state index in [0.29, 0.717) is 12.8 Å². The molecule has 0 aliphatic rings. The molecule has 8 nitrogen and oxygen atoms in total. The summed E-state index contributed by atoms with van der Waals surface area (Å²) in [5.41, 5.74) is 5.34. The Morgan fingerprint density at radius 1 is 0.690 bits per heavy atom. The molecule has 0 radical (unpaired) electrons. The number of carbonyl (C=O) groups is 1. The van der Waals surface area contributed by atoms with Crippen molar-refractivity contribution in [2.75, 3.05) is 19.8 Å². The third kappa shape index (κ3) is 28.3. The van der Waals surface area contributed by atoms with Crippen LogP contribution in [0.3, 0.4) is 0 Å².